The number of benzene rings is 1. The van der Waals surface area contributed by atoms with Crippen molar-refractivity contribution in [2.45, 2.75) is 39.0 Å². The molecule has 2 rings (SSSR count). The van der Waals surface area contributed by atoms with Crippen molar-refractivity contribution in [1.29, 1.82) is 0 Å². The van der Waals surface area contributed by atoms with Crippen molar-refractivity contribution >= 4 is 12.2 Å². The van der Waals surface area contributed by atoms with Crippen molar-refractivity contribution in [1.82, 2.24) is 9.80 Å². The normalized spacial score (nSPS) is 18.0. The zero-order valence-corrected chi connectivity index (χ0v) is 15.1. The van der Waals surface area contributed by atoms with E-state index in [2.05, 4.69) is 0 Å². The van der Waals surface area contributed by atoms with Gasteiger partial charge in [0.05, 0.1) is 6.04 Å². The van der Waals surface area contributed by atoms with E-state index in [0.717, 1.165) is 5.56 Å². The minimum absolute atomic E-state index is 0.221. The van der Waals surface area contributed by atoms with Crippen LogP contribution in [0.15, 0.2) is 30.3 Å². The quantitative estimate of drug-likeness (QED) is 0.904. The number of hydrogen-bond acceptors (Lipinski definition) is 5. The first-order chi connectivity index (χ1) is 11.8. The Hall–Kier alpha value is -2.28. The van der Waals surface area contributed by atoms with Crippen LogP contribution in [0.3, 0.4) is 0 Å². The number of rotatable bonds is 3. The highest BCUT2D eigenvalue weighted by molar-refractivity contribution is 5.71. The lowest BCUT2D eigenvalue weighted by Crippen LogP contribution is -2.59. The van der Waals surface area contributed by atoms with Crippen LogP contribution in [0.2, 0.25) is 0 Å². The van der Waals surface area contributed by atoms with E-state index in [-0.39, 0.29) is 19.2 Å². The fraction of sp³-hybridized carbons (Fsp3) is 0.556. The van der Waals surface area contributed by atoms with Crippen molar-refractivity contribution in [2.24, 2.45) is 5.73 Å². The Labute approximate surface area is 148 Å². The summed E-state index contributed by atoms with van der Waals surface area (Å²) in [6.07, 6.45) is -0.800. The molecule has 2 N–H and O–H groups in total. The Kier molecular flexibility index (Phi) is 6.25. The number of carbonyl (C=O) groups excluding carboxylic acids is 2. The summed E-state index contributed by atoms with van der Waals surface area (Å²) in [6, 6.07) is 9.22. The molecule has 1 aromatic rings. The van der Waals surface area contributed by atoms with Gasteiger partial charge in [0, 0.05) is 26.2 Å². The average Bonchev–Trinajstić information content (AvgIpc) is 2.58. The Bertz CT molecular complexity index is 586. The first kappa shape index (κ1) is 19.1. The highest BCUT2D eigenvalue weighted by atomic mass is 16.6. The molecule has 1 aliphatic rings. The second-order valence-electron chi connectivity index (χ2n) is 7.05. The van der Waals surface area contributed by atoms with Crippen molar-refractivity contribution < 1.29 is 19.1 Å². The molecular weight excluding hydrogens is 322 g/mol. The minimum Gasteiger partial charge on any atom is -0.445 e. The van der Waals surface area contributed by atoms with E-state index in [1.807, 2.05) is 51.1 Å². The van der Waals surface area contributed by atoms with Crippen LogP contribution in [-0.4, -0.2) is 59.8 Å². The molecule has 0 aromatic heterocycles. The summed E-state index contributed by atoms with van der Waals surface area (Å²) >= 11 is 0. The molecule has 25 heavy (non-hydrogen) atoms. The Balaban J connectivity index is 1.89. The maximum atomic E-state index is 12.3. The van der Waals surface area contributed by atoms with Crippen molar-refractivity contribution in [3.05, 3.63) is 35.9 Å². The van der Waals surface area contributed by atoms with Gasteiger partial charge in [0.2, 0.25) is 0 Å². The summed E-state index contributed by atoms with van der Waals surface area (Å²) in [6.45, 7) is 7.03. The van der Waals surface area contributed by atoms with E-state index in [1.165, 1.54) is 0 Å². The number of carbonyl (C=O) groups is 2. The maximum Gasteiger partial charge on any atom is 0.410 e. The predicted molar refractivity (Wildman–Crippen MR) is 94.0 cm³/mol. The Morgan fingerprint density at radius 2 is 1.84 bits per heavy atom. The van der Waals surface area contributed by atoms with Crippen molar-refractivity contribution in [2.75, 3.05) is 26.2 Å². The van der Waals surface area contributed by atoms with Crippen LogP contribution in [0.25, 0.3) is 0 Å². The van der Waals surface area contributed by atoms with E-state index < -0.39 is 17.8 Å². The zero-order valence-electron chi connectivity index (χ0n) is 15.1. The van der Waals surface area contributed by atoms with Gasteiger partial charge < -0.3 is 25.0 Å². The largest absolute Gasteiger partial charge is 0.445 e. The van der Waals surface area contributed by atoms with Gasteiger partial charge in [0.1, 0.15) is 12.2 Å². The van der Waals surface area contributed by atoms with E-state index in [4.69, 9.17) is 15.2 Å². The van der Waals surface area contributed by atoms with Gasteiger partial charge in [0.25, 0.3) is 0 Å². The van der Waals surface area contributed by atoms with Gasteiger partial charge in [-0.25, -0.2) is 9.59 Å². The van der Waals surface area contributed by atoms with E-state index in [9.17, 15) is 9.59 Å². The van der Waals surface area contributed by atoms with Crippen LogP contribution >= 0.6 is 0 Å². The van der Waals surface area contributed by atoms with Crippen LogP contribution in [-0.2, 0) is 16.1 Å². The van der Waals surface area contributed by atoms with Gasteiger partial charge in [0.15, 0.2) is 0 Å². The standard InChI is InChI=1S/C18H27N3O4/c1-18(2,3)25-17(23)21-10-9-20(12-15(21)11-19)16(22)24-13-14-7-5-4-6-8-14/h4-8,15H,9-13,19H2,1-3H3/t15-/m0/s1. The summed E-state index contributed by atoms with van der Waals surface area (Å²) in [5.74, 6) is 0. The molecule has 0 aliphatic carbocycles. The molecule has 0 radical (unpaired) electrons. The Morgan fingerprint density at radius 1 is 1.16 bits per heavy atom. The predicted octanol–water partition coefficient (Wildman–Crippen LogP) is 2.20. The summed E-state index contributed by atoms with van der Waals surface area (Å²) < 4.78 is 10.8. The molecule has 1 aromatic carbocycles. The lowest BCUT2D eigenvalue weighted by atomic mass is 10.1. The highest BCUT2D eigenvalue weighted by Crippen LogP contribution is 2.16. The maximum absolute atomic E-state index is 12.3. The molecule has 7 nitrogen and oxygen atoms in total. The van der Waals surface area contributed by atoms with Gasteiger partial charge in [-0.1, -0.05) is 30.3 Å². The van der Waals surface area contributed by atoms with Crippen molar-refractivity contribution in [3.8, 4) is 0 Å². The van der Waals surface area contributed by atoms with E-state index >= 15 is 0 Å². The van der Waals surface area contributed by atoms with Gasteiger partial charge >= 0.3 is 12.2 Å². The number of nitrogens with two attached hydrogens (primary N) is 1. The summed E-state index contributed by atoms with van der Waals surface area (Å²) in [7, 11) is 0. The number of amides is 2. The van der Waals surface area contributed by atoms with Crippen LogP contribution in [0.5, 0.6) is 0 Å². The topological polar surface area (TPSA) is 85.1 Å². The van der Waals surface area contributed by atoms with E-state index in [0.29, 0.717) is 19.6 Å². The molecule has 0 bridgehead atoms. The van der Waals surface area contributed by atoms with Crippen LogP contribution in [0, 0.1) is 0 Å². The number of hydrogen-bond donors (Lipinski definition) is 1. The van der Waals surface area contributed by atoms with Gasteiger partial charge in [-0.2, -0.15) is 0 Å². The van der Waals surface area contributed by atoms with Crippen LogP contribution in [0.4, 0.5) is 9.59 Å². The summed E-state index contributed by atoms with van der Waals surface area (Å²) in [5, 5.41) is 0. The fourth-order valence-corrected chi connectivity index (χ4v) is 2.59. The number of piperazine rings is 1. The lowest BCUT2D eigenvalue weighted by molar-refractivity contribution is -0.00177. The smallest absolute Gasteiger partial charge is 0.410 e. The highest BCUT2D eigenvalue weighted by Gasteiger charge is 2.34. The Morgan fingerprint density at radius 3 is 2.44 bits per heavy atom. The third-order valence-electron chi connectivity index (χ3n) is 3.85. The molecular formula is C18H27N3O4. The molecule has 0 unspecified atom stereocenters. The molecule has 7 heteroatoms. The molecule has 1 saturated heterocycles. The molecule has 1 atom stereocenters. The zero-order chi connectivity index (χ0) is 18.4. The second-order valence-corrected chi connectivity index (χ2v) is 7.05. The second kappa shape index (κ2) is 8.20. The third kappa shape index (κ3) is 5.63. The molecule has 1 heterocycles. The van der Waals surface area contributed by atoms with Crippen LogP contribution < -0.4 is 5.73 Å². The van der Waals surface area contributed by atoms with Crippen molar-refractivity contribution in [3.63, 3.8) is 0 Å². The first-order valence-corrected chi connectivity index (χ1v) is 8.45. The summed E-state index contributed by atoms with van der Waals surface area (Å²) in [4.78, 5) is 27.7. The molecule has 0 saturated carbocycles. The SMILES string of the molecule is CC(C)(C)OC(=O)N1CCN(C(=O)OCc2ccccc2)C[C@@H]1CN. The van der Waals surface area contributed by atoms with Crippen LogP contribution in [0.1, 0.15) is 26.3 Å². The minimum atomic E-state index is -0.567. The van der Waals surface area contributed by atoms with Gasteiger partial charge in [-0.05, 0) is 26.3 Å². The number of nitrogens with zero attached hydrogens (tertiary/aromatic N) is 2. The van der Waals surface area contributed by atoms with Gasteiger partial charge in [-0.3, -0.25) is 0 Å². The monoisotopic (exact) mass is 349 g/mol. The molecule has 1 fully saturated rings. The van der Waals surface area contributed by atoms with Gasteiger partial charge in [-0.15, -0.1) is 0 Å². The number of ether oxygens (including phenoxy) is 2. The molecule has 138 valence electrons. The lowest BCUT2D eigenvalue weighted by Gasteiger charge is -2.40. The van der Waals surface area contributed by atoms with E-state index in [1.54, 1.807) is 9.80 Å². The molecule has 1 aliphatic heterocycles. The first-order valence-electron chi connectivity index (χ1n) is 8.45. The fourth-order valence-electron chi connectivity index (χ4n) is 2.59. The molecule has 0 spiro atoms. The summed E-state index contributed by atoms with van der Waals surface area (Å²) in [5.41, 5.74) is 6.16. The molecule has 2 amide bonds. The average molecular weight is 349 g/mol. The third-order valence-corrected chi connectivity index (χ3v) is 3.85.